The zero-order valence-corrected chi connectivity index (χ0v) is 14.8. The minimum Gasteiger partial charge on any atom is -0.451 e. The topological polar surface area (TPSA) is 76.2 Å². The molecule has 2 aromatic carbocycles. The van der Waals surface area contributed by atoms with Gasteiger partial charge in [0.05, 0.1) is 5.56 Å². The number of hydrogen-bond acceptors (Lipinski definition) is 4. The van der Waals surface area contributed by atoms with Gasteiger partial charge in [-0.1, -0.05) is 30.3 Å². The Hall–Kier alpha value is -3.21. The SMILES string of the molecule is Cc1ccc(C(=O)[C@@H](C)OC(=O)c2cc(=O)[nH]c3ccccc23)cc1C. The maximum absolute atomic E-state index is 12.6. The third kappa shape index (κ3) is 3.42. The van der Waals surface area contributed by atoms with Crippen molar-refractivity contribution in [3.8, 4) is 0 Å². The Balaban J connectivity index is 1.87. The minimum absolute atomic E-state index is 0.143. The number of Topliss-reactive ketones (excluding diaryl/α,β-unsaturated/α-hetero) is 1. The van der Waals surface area contributed by atoms with E-state index >= 15 is 0 Å². The molecule has 5 nitrogen and oxygen atoms in total. The van der Waals surface area contributed by atoms with Gasteiger partial charge in [0.1, 0.15) is 0 Å². The number of rotatable bonds is 4. The third-order valence-electron chi connectivity index (χ3n) is 4.41. The molecule has 0 aliphatic rings. The molecule has 3 rings (SSSR count). The first-order chi connectivity index (χ1) is 12.4. The first kappa shape index (κ1) is 17.6. The number of aromatic nitrogens is 1. The van der Waals surface area contributed by atoms with Gasteiger partial charge in [0.15, 0.2) is 6.10 Å². The average Bonchev–Trinajstić information content (AvgIpc) is 2.62. The number of hydrogen-bond donors (Lipinski definition) is 1. The molecule has 1 heterocycles. The van der Waals surface area contributed by atoms with Crippen molar-refractivity contribution < 1.29 is 14.3 Å². The maximum Gasteiger partial charge on any atom is 0.339 e. The molecule has 26 heavy (non-hydrogen) atoms. The molecule has 0 aliphatic carbocycles. The molecule has 0 spiro atoms. The summed E-state index contributed by atoms with van der Waals surface area (Å²) in [6, 6.07) is 13.5. The normalized spacial score (nSPS) is 12.0. The fourth-order valence-corrected chi connectivity index (χ4v) is 2.78. The second-order valence-electron chi connectivity index (χ2n) is 6.30. The van der Waals surface area contributed by atoms with Crippen molar-refractivity contribution >= 4 is 22.7 Å². The van der Waals surface area contributed by atoms with Gasteiger partial charge in [-0.25, -0.2) is 4.79 Å². The van der Waals surface area contributed by atoms with Crippen molar-refractivity contribution in [3.05, 3.63) is 81.1 Å². The van der Waals surface area contributed by atoms with Crippen LogP contribution in [0.25, 0.3) is 10.9 Å². The van der Waals surface area contributed by atoms with Crippen LogP contribution in [0.5, 0.6) is 0 Å². The zero-order chi connectivity index (χ0) is 18.8. The number of ether oxygens (including phenoxy) is 1. The Labute approximate surface area is 150 Å². The Morgan fingerprint density at radius 1 is 1.00 bits per heavy atom. The van der Waals surface area contributed by atoms with Gasteiger partial charge in [-0.05, 0) is 44.0 Å². The number of ketones is 1. The molecule has 0 amide bonds. The number of esters is 1. The highest BCUT2D eigenvalue weighted by atomic mass is 16.5. The van der Waals surface area contributed by atoms with E-state index in [0.29, 0.717) is 16.5 Å². The third-order valence-corrected chi connectivity index (χ3v) is 4.41. The van der Waals surface area contributed by atoms with Crippen LogP contribution in [0.2, 0.25) is 0 Å². The lowest BCUT2D eigenvalue weighted by Gasteiger charge is -2.14. The molecule has 0 saturated heterocycles. The van der Waals surface area contributed by atoms with Crippen molar-refractivity contribution in [1.29, 1.82) is 0 Å². The van der Waals surface area contributed by atoms with Crippen LogP contribution in [0.4, 0.5) is 0 Å². The van der Waals surface area contributed by atoms with Gasteiger partial charge < -0.3 is 9.72 Å². The number of nitrogens with one attached hydrogen (secondary N) is 1. The zero-order valence-electron chi connectivity index (χ0n) is 14.8. The lowest BCUT2D eigenvalue weighted by molar-refractivity contribution is 0.0320. The van der Waals surface area contributed by atoms with Gasteiger partial charge in [-0.3, -0.25) is 9.59 Å². The van der Waals surface area contributed by atoms with Gasteiger partial charge in [0.2, 0.25) is 11.3 Å². The van der Waals surface area contributed by atoms with Crippen LogP contribution in [-0.4, -0.2) is 22.8 Å². The first-order valence-electron chi connectivity index (χ1n) is 8.31. The van der Waals surface area contributed by atoms with Crippen LogP contribution in [0, 0.1) is 13.8 Å². The number of aryl methyl sites for hydroxylation is 2. The van der Waals surface area contributed by atoms with Gasteiger partial charge in [0.25, 0.3) is 0 Å². The standard InChI is InChI=1S/C21H19NO4/c1-12-8-9-15(10-13(12)2)20(24)14(3)26-21(25)17-11-19(23)22-18-7-5-4-6-16(17)18/h4-11,14H,1-3H3,(H,22,23)/t14-/m1/s1. The monoisotopic (exact) mass is 349 g/mol. The highest BCUT2D eigenvalue weighted by Gasteiger charge is 2.22. The molecule has 0 saturated carbocycles. The maximum atomic E-state index is 12.6. The quantitative estimate of drug-likeness (QED) is 0.577. The molecule has 132 valence electrons. The minimum atomic E-state index is -0.956. The van der Waals surface area contributed by atoms with E-state index in [-0.39, 0.29) is 11.3 Å². The molecule has 1 atom stereocenters. The van der Waals surface area contributed by atoms with Crippen LogP contribution in [-0.2, 0) is 4.74 Å². The smallest absolute Gasteiger partial charge is 0.339 e. The molecule has 0 radical (unpaired) electrons. The van der Waals surface area contributed by atoms with Crippen molar-refractivity contribution in [3.63, 3.8) is 0 Å². The van der Waals surface area contributed by atoms with E-state index in [9.17, 15) is 14.4 Å². The van der Waals surface area contributed by atoms with Crippen molar-refractivity contribution in [2.45, 2.75) is 26.9 Å². The number of benzene rings is 2. The summed E-state index contributed by atoms with van der Waals surface area (Å²) in [7, 11) is 0. The van der Waals surface area contributed by atoms with E-state index in [1.54, 1.807) is 36.4 Å². The number of fused-ring (bicyclic) bond motifs is 1. The van der Waals surface area contributed by atoms with Crippen molar-refractivity contribution in [2.75, 3.05) is 0 Å². The Morgan fingerprint density at radius 3 is 2.46 bits per heavy atom. The number of carbonyl (C=O) groups excluding carboxylic acids is 2. The molecule has 0 fully saturated rings. The van der Waals surface area contributed by atoms with Crippen LogP contribution in [0.15, 0.2) is 53.3 Å². The first-order valence-corrected chi connectivity index (χ1v) is 8.31. The van der Waals surface area contributed by atoms with Crippen LogP contribution in [0.1, 0.15) is 38.8 Å². The van der Waals surface area contributed by atoms with Gasteiger partial charge >= 0.3 is 5.97 Å². The highest BCUT2D eigenvalue weighted by molar-refractivity contribution is 6.05. The summed E-state index contributed by atoms with van der Waals surface area (Å²) in [5.41, 5.74) is 2.85. The second-order valence-corrected chi connectivity index (χ2v) is 6.30. The summed E-state index contributed by atoms with van der Waals surface area (Å²) in [4.78, 5) is 39.6. The molecule has 0 bridgehead atoms. The van der Waals surface area contributed by atoms with E-state index in [4.69, 9.17) is 4.74 Å². The molecule has 1 N–H and O–H groups in total. The Bertz CT molecular complexity index is 1070. The largest absolute Gasteiger partial charge is 0.451 e. The number of pyridine rings is 1. The molecule has 0 unspecified atom stereocenters. The van der Waals surface area contributed by atoms with Crippen LogP contribution >= 0.6 is 0 Å². The van der Waals surface area contributed by atoms with E-state index in [2.05, 4.69) is 4.98 Å². The second kappa shape index (κ2) is 6.96. The molecule has 5 heteroatoms. The average molecular weight is 349 g/mol. The van der Waals surface area contributed by atoms with Crippen molar-refractivity contribution in [1.82, 2.24) is 4.98 Å². The summed E-state index contributed by atoms with van der Waals surface area (Å²) in [6.07, 6.45) is -0.956. The van der Waals surface area contributed by atoms with E-state index in [1.807, 2.05) is 19.9 Å². The van der Waals surface area contributed by atoms with Gasteiger partial charge in [0, 0.05) is 22.5 Å². The lowest BCUT2D eigenvalue weighted by atomic mass is 10.0. The van der Waals surface area contributed by atoms with Crippen molar-refractivity contribution in [2.24, 2.45) is 0 Å². The lowest BCUT2D eigenvalue weighted by Crippen LogP contribution is -2.25. The van der Waals surface area contributed by atoms with E-state index < -0.39 is 17.6 Å². The molecule has 3 aromatic rings. The number of H-pyrrole nitrogens is 1. The summed E-state index contributed by atoms with van der Waals surface area (Å²) in [6.45, 7) is 5.42. The van der Waals surface area contributed by atoms with Crippen LogP contribution < -0.4 is 5.56 Å². The molecule has 0 aliphatic heterocycles. The Kier molecular flexibility index (Phi) is 4.71. The van der Waals surface area contributed by atoms with Crippen LogP contribution in [0.3, 0.4) is 0 Å². The van der Waals surface area contributed by atoms with E-state index in [0.717, 1.165) is 11.1 Å². The predicted octanol–water partition coefficient (Wildman–Crippen LogP) is 3.57. The Morgan fingerprint density at radius 2 is 1.73 bits per heavy atom. The molecular weight excluding hydrogens is 330 g/mol. The summed E-state index contributed by atoms with van der Waals surface area (Å²) in [5.74, 6) is -0.979. The summed E-state index contributed by atoms with van der Waals surface area (Å²) in [5, 5.41) is 0.572. The summed E-state index contributed by atoms with van der Waals surface area (Å²) < 4.78 is 5.34. The number of aromatic amines is 1. The fraction of sp³-hybridized carbons (Fsp3) is 0.190. The van der Waals surface area contributed by atoms with Gasteiger partial charge in [-0.2, -0.15) is 0 Å². The summed E-state index contributed by atoms with van der Waals surface area (Å²) >= 11 is 0. The molecular formula is C21H19NO4. The fourth-order valence-electron chi connectivity index (χ4n) is 2.78. The predicted molar refractivity (Wildman–Crippen MR) is 99.7 cm³/mol. The number of para-hydroxylation sites is 1. The highest BCUT2D eigenvalue weighted by Crippen LogP contribution is 2.18. The van der Waals surface area contributed by atoms with Gasteiger partial charge in [-0.15, -0.1) is 0 Å². The molecule has 1 aromatic heterocycles. The number of carbonyl (C=O) groups is 2. The van der Waals surface area contributed by atoms with E-state index in [1.165, 1.54) is 13.0 Å².